The van der Waals surface area contributed by atoms with Gasteiger partial charge in [0.2, 0.25) is 0 Å². The molecule has 0 unspecified atom stereocenters. The van der Waals surface area contributed by atoms with Crippen LogP contribution in [0.2, 0.25) is 0 Å². The van der Waals surface area contributed by atoms with E-state index in [1.807, 2.05) is 103 Å². The quantitative estimate of drug-likeness (QED) is 0.0975. The zero-order valence-electron chi connectivity index (χ0n) is 22.5. The average molecular weight is 654 g/mol. The van der Waals surface area contributed by atoms with Gasteiger partial charge in [-0.3, -0.25) is 0 Å². The van der Waals surface area contributed by atoms with Crippen LogP contribution in [-0.2, 0) is 0 Å². The van der Waals surface area contributed by atoms with Crippen molar-refractivity contribution < 1.29 is 9.15 Å². The van der Waals surface area contributed by atoms with Crippen molar-refractivity contribution in [2.45, 2.75) is 0 Å². The van der Waals surface area contributed by atoms with Crippen molar-refractivity contribution in [3.05, 3.63) is 139 Å². The molecule has 0 spiro atoms. The summed E-state index contributed by atoms with van der Waals surface area (Å²) in [5.74, 6) is 1.35. The normalized spacial score (nSPS) is 10.2. The van der Waals surface area contributed by atoms with Crippen LogP contribution in [0.4, 0.5) is 17.1 Å². The van der Waals surface area contributed by atoms with E-state index in [4.69, 9.17) is 26.4 Å². The molecule has 0 fully saturated rings. The largest absolute Gasteiger partial charge is 0.454 e. The summed E-state index contributed by atoms with van der Waals surface area (Å²) in [5.41, 5.74) is 21.7. The van der Waals surface area contributed by atoms with Gasteiger partial charge in [0.25, 0.3) is 0 Å². The fourth-order valence-electron chi connectivity index (χ4n) is 4.24. The summed E-state index contributed by atoms with van der Waals surface area (Å²) in [6, 6.07) is 38.9. The van der Waals surface area contributed by atoms with Gasteiger partial charge < -0.3 is 33.8 Å². The van der Waals surface area contributed by atoms with E-state index in [2.05, 4.69) is 45.8 Å². The number of nitrogen functional groups attached to an aromatic ring is 3. The number of nitrogens with zero attached hydrogens (tertiary/aromatic N) is 1. The summed E-state index contributed by atoms with van der Waals surface area (Å²) in [4.78, 5) is 3.95. The number of oxazole rings is 1. The number of ether oxygens (including phenoxy) is 1. The Morgan fingerprint density at radius 3 is 1.78 bits per heavy atom. The summed E-state index contributed by atoms with van der Waals surface area (Å²) < 4.78 is 12.1. The van der Waals surface area contributed by atoms with E-state index in [9.17, 15) is 0 Å². The Morgan fingerprint density at radius 2 is 1.10 bits per heavy atom. The molecule has 7 heteroatoms. The van der Waals surface area contributed by atoms with Crippen LogP contribution in [0, 0.1) is 11.0 Å². The fraction of sp³-hybridized carbons (Fsp3) is 0. The molecule has 6 aromatic carbocycles. The Morgan fingerprint density at radius 1 is 0.561 bits per heavy atom. The molecule has 0 atom stereocenters. The van der Waals surface area contributed by atoms with Crippen molar-refractivity contribution in [3.63, 3.8) is 0 Å². The van der Waals surface area contributed by atoms with Gasteiger partial charge in [-0.2, -0.15) is 0 Å². The number of nitrogens with two attached hydrogens (primary N) is 3. The van der Waals surface area contributed by atoms with E-state index in [-0.39, 0.29) is 7.43 Å². The first-order valence-electron chi connectivity index (χ1n) is 12.5. The molecule has 0 amide bonds. The van der Waals surface area contributed by atoms with Gasteiger partial charge in [0.05, 0.1) is 5.69 Å². The first kappa shape index (κ1) is 29.2. The van der Waals surface area contributed by atoms with Crippen LogP contribution in [0.25, 0.3) is 32.6 Å². The molecular formula is C34H30IN4O2-. The Balaban J connectivity index is 0.000000151. The number of halogens is 1. The molecule has 206 valence electrons. The third-order valence-corrected chi connectivity index (χ3v) is 7.06. The molecule has 6 N–H and O–H groups in total. The lowest BCUT2D eigenvalue weighted by Crippen LogP contribution is -1.94. The Bertz CT molecular complexity index is 1830. The lowest BCUT2D eigenvalue weighted by Gasteiger charge is -2.12. The number of para-hydroxylation sites is 4. The standard InChI is InChI=1S/C16H14N2O.C10H8IN.C7H5NO.CH3/c17-12-7-1-2-9-14(12)19-15-10-4-6-11-5-3-8-13(18)16(11)15;11-8-5-1-3-7-4-2-6-9(12)10(7)8;1-2-4-7-6(3-1)8-5-9-7;/h1-10H,17-18H2;1-6H,12H2;1-5H;1H3/q;;;-1. The second kappa shape index (κ2) is 13.5. The van der Waals surface area contributed by atoms with Crippen molar-refractivity contribution in [1.82, 2.24) is 4.98 Å². The first-order valence-corrected chi connectivity index (χ1v) is 13.6. The van der Waals surface area contributed by atoms with Crippen LogP contribution in [0.5, 0.6) is 11.5 Å². The molecule has 1 heterocycles. The van der Waals surface area contributed by atoms with Crippen molar-refractivity contribution >= 4 is 72.3 Å². The Labute approximate surface area is 252 Å². The predicted octanol–water partition coefficient (Wildman–Crippen LogP) is 9.10. The number of benzene rings is 6. The van der Waals surface area contributed by atoms with Crippen molar-refractivity contribution in [2.24, 2.45) is 0 Å². The second-order valence-electron chi connectivity index (χ2n) is 8.85. The third-order valence-electron chi connectivity index (χ3n) is 6.16. The Kier molecular flexibility index (Phi) is 9.65. The molecule has 0 saturated heterocycles. The van der Waals surface area contributed by atoms with Gasteiger partial charge in [-0.15, -0.1) is 0 Å². The number of hydrogen-bond donors (Lipinski definition) is 3. The first-order chi connectivity index (χ1) is 19.5. The number of aromatic nitrogens is 1. The number of fused-ring (bicyclic) bond motifs is 3. The minimum absolute atomic E-state index is 0. The summed E-state index contributed by atoms with van der Waals surface area (Å²) in [6.07, 6.45) is 1.45. The fourth-order valence-corrected chi connectivity index (χ4v) is 5.07. The third kappa shape index (κ3) is 6.88. The van der Waals surface area contributed by atoms with Gasteiger partial charge in [0.15, 0.2) is 12.0 Å². The van der Waals surface area contributed by atoms with Crippen LogP contribution < -0.4 is 21.9 Å². The highest BCUT2D eigenvalue weighted by atomic mass is 127. The SMILES string of the molecule is Nc1cccc2cccc(I)c12.Nc1ccccc1Oc1cccc2cccc(N)c12.[CH3-].c1ccc2ocnc2c1. The van der Waals surface area contributed by atoms with Crippen molar-refractivity contribution in [2.75, 3.05) is 17.2 Å². The monoisotopic (exact) mass is 653 g/mol. The molecule has 1 aromatic heterocycles. The van der Waals surface area contributed by atoms with Crippen LogP contribution in [0.1, 0.15) is 0 Å². The van der Waals surface area contributed by atoms with E-state index in [1.165, 1.54) is 20.7 Å². The van der Waals surface area contributed by atoms with E-state index in [0.717, 1.165) is 27.6 Å². The summed E-state index contributed by atoms with van der Waals surface area (Å²) in [5, 5.41) is 4.34. The number of rotatable bonds is 2. The molecule has 0 saturated carbocycles. The molecule has 41 heavy (non-hydrogen) atoms. The molecule has 0 aliphatic heterocycles. The summed E-state index contributed by atoms with van der Waals surface area (Å²) in [7, 11) is 0. The molecule has 7 aromatic rings. The Hall–Kier alpha value is -4.76. The van der Waals surface area contributed by atoms with E-state index in [0.29, 0.717) is 22.9 Å². The number of anilines is 3. The molecule has 7 rings (SSSR count). The minimum Gasteiger partial charge on any atom is -0.454 e. The van der Waals surface area contributed by atoms with Gasteiger partial charge in [-0.1, -0.05) is 72.8 Å². The smallest absolute Gasteiger partial charge is 0.181 e. The summed E-state index contributed by atoms with van der Waals surface area (Å²) in [6.45, 7) is 0. The second-order valence-corrected chi connectivity index (χ2v) is 10.0. The van der Waals surface area contributed by atoms with Gasteiger partial charge in [0.1, 0.15) is 17.0 Å². The van der Waals surface area contributed by atoms with Crippen molar-refractivity contribution in [1.29, 1.82) is 0 Å². The van der Waals surface area contributed by atoms with Crippen LogP contribution in [0.3, 0.4) is 0 Å². The van der Waals surface area contributed by atoms with Gasteiger partial charge in [0, 0.05) is 25.7 Å². The summed E-state index contributed by atoms with van der Waals surface area (Å²) >= 11 is 2.30. The van der Waals surface area contributed by atoms with Crippen LogP contribution >= 0.6 is 22.6 Å². The van der Waals surface area contributed by atoms with E-state index >= 15 is 0 Å². The molecular weight excluding hydrogens is 623 g/mol. The van der Waals surface area contributed by atoms with Crippen LogP contribution in [0.15, 0.2) is 132 Å². The minimum atomic E-state index is 0. The van der Waals surface area contributed by atoms with E-state index in [1.54, 1.807) is 0 Å². The topological polar surface area (TPSA) is 113 Å². The highest BCUT2D eigenvalue weighted by molar-refractivity contribution is 14.1. The lowest BCUT2D eigenvalue weighted by molar-refractivity contribution is 0.491. The number of hydrogen-bond acceptors (Lipinski definition) is 6. The average Bonchev–Trinajstić information content (AvgIpc) is 3.45. The maximum Gasteiger partial charge on any atom is 0.181 e. The molecule has 0 bridgehead atoms. The van der Waals surface area contributed by atoms with Crippen LogP contribution in [-0.4, -0.2) is 4.98 Å². The van der Waals surface area contributed by atoms with Gasteiger partial charge in [-0.25, -0.2) is 4.98 Å². The van der Waals surface area contributed by atoms with Gasteiger partial charge >= 0.3 is 0 Å². The highest BCUT2D eigenvalue weighted by Crippen LogP contribution is 2.35. The zero-order chi connectivity index (χ0) is 27.9. The predicted molar refractivity (Wildman–Crippen MR) is 181 cm³/mol. The maximum atomic E-state index is 6.04. The zero-order valence-corrected chi connectivity index (χ0v) is 24.7. The molecule has 0 aliphatic carbocycles. The maximum absolute atomic E-state index is 6.04. The highest BCUT2D eigenvalue weighted by Gasteiger charge is 2.08. The molecule has 0 aliphatic rings. The molecule has 6 nitrogen and oxygen atoms in total. The van der Waals surface area contributed by atoms with E-state index < -0.39 is 0 Å². The molecule has 0 radical (unpaired) electrons. The van der Waals surface area contributed by atoms with Gasteiger partial charge in [-0.05, 0) is 81.9 Å². The lowest BCUT2D eigenvalue weighted by atomic mass is 10.1. The van der Waals surface area contributed by atoms with Crippen molar-refractivity contribution in [3.8, 4) is 11.5 Å².